The van der Waals surface area contributed by atoms with Crippen molar-refractivity contribution in [2.24, 2.45) is 0 Å². The summed E-state index contributed by atoms with van der Waals surface area (Å²) in [4.78, 5) is 88.6. The summed E-state index contributed by atoms with van der Waals surface area (Å²) in [6.07, 6.45) is 5.30. The number of piperazine rings is 1. The van der Waals surface area contributed by atoms with Crippen LogP contribution >= 0.6 is 0 Å². The number of hydrogen-bond acceptors (Lipinski definition) is 11. The second-order valence-electron chi connectivity index (χ2n) is 14.5. The van der Waals surface area contributed by atoms with E-state index >= 15 is 0 Å². The highest BCUT2D eigenvalue weighted by Crippen LogP contribution is 2.28. The Bertz CT molecular complexity index is 1710. The number of hydrogen-bond donors (Lipinski definition) is 2. The zero-order valence-corrected chi connectivity index (χ0v) is 32.8. The third-order valence-corrected chi connectivity index (χ3v) is 10.3. The SMILES string of the molecule is CCCCOC(=O)N1CCN(C(=O)C(CCC(=O)OCCOCC)NC(=O)c2cc(OCC(=O)N3CCCC3C(=O)NC3CCC3)c3ccc(C)cc3n2)CC1. The number of unbranched alkanes of at least 4 members (excludes halogenated alkanes) is 1. The van der Waals surface area contributed by atoms with Crippen molar-refractivity contribution in [3.05, 3.63) is 35.5 Å². The van der Waals surface area contributed by atoms with Crippen LogP contribution in [0.5, 0.6) is 5.75 Å². The van der Waals surface area contributed by atoms with Crippen LogP contribution in [0.15, 0.2) is 24.3 Å². The van der Waals surface area contributed by atoms with Gasteiger partial charge in [-0.05, 0) is 76.5 Å². The number of fused-ring (bicyclic) bond motifs is 1. The van der Waals surface area contributed by atoms with Gasteiger partial charge in [-0.25, -0.2) is 9.78 Å². The van der Waals surface area contributed by atoms with E-state index in [1.54, 1.807) is 26.8 Å². The van der Waals surface area contributed by atoms with Crippen LogP contribution < -0.4 is 15.4 Å². The van der Waals surface area contributed by atoms with Gasteiger partial charge < -0.3 is 44.3 Å². The number of carbonyl (C=O) groups is 6. The molecule has 2 aromatic rings. The monoisotopic (exact) mass is 780 g/mol. The molecule has 5 amide bonds. The van der Waals surface area contributed by atoms with Crippen LogP contribution in [0.2, 0.25) is 0 Å². The Morgan fingerprint density at radius 1 is 0.893 bits per heavy atom. The molecule has 2 atom stereocenters. The number of nitrogens with zero attached hydrogens (tertiary/aromatic N) is 4. The molecule has 3 fully saturated rings. The fraction of sp³-hybridized carbons (Fsp3) is 0.625. The first kappa shape index (κ1) is 42.2. The highest BCUT2D eigenvalue weighted by atomic mass is 16.6. The lowest BCUT2D eigenvalue weighted by atomic mass is 9.93. The lowest BCUT2D eigenvalue weighted by molar-refractivity contribution is -0.145. The van der Waals surface area contributed by atoms with Gasteiger partial charge >= 0.3 is 12.1 Å². The summed E-state index contributed by atoms with van der Waals surface area (Å²) in [5, 5.41) is 6.41. The lowest BCUT2D eigenvalue weighted by Gasteiger charge is -2.36. The molecule has 1 saturated carbocycles. The maximum absolute atomic E-state index is 13.9. The summed E-state index contributed by atoms with van der Waals surface area (Å²) in [5.41, 5.74) is 1.27. The van der Waals surface area contributed by atoms with Crippen LogP contribution in [0.25, 0.3) is 10.9 Å². The molecule has 1 aliphatic carbocycles. The molecule has 306 valence electrons. The number of benzene rings is 1. The molecule has 2 saturated heterocycles. The van der Waals surface area contributed by atoms with Gasteiger partial charge in [0.2, 0.25) is 11.8 Å². The summed E-state index contributed by atoms with van der Waals surface area (Å²) in [5.74, 6) is -1.88. The molecule has 2 N–H and O–H groups in total. The Kier molecular flexibility index (Phi) is 15.7. The molecule has 0 bridgehead atoms. The predicted molar refractivity (Wildman–Crippen MR) is 205 cm³/mol. The van der Waals surface area contributed by atoms with Gasteiger partial charge in [0.15, 0.2) is 6.61 Å². The molecule has 3 heterocycles. The number of esters is 1. The molecule has 3 aliphatic rings. The Morgan fingerprint density at radius 2 is 1.66 bits per heavy atom. The fourth-order valence-corrected chi connectivity index (χ4v) is 6.86. The molecular weight excluding hydrogens is 724 g/mol. The van der Waals surface area contributed by atoms with Gasteiger partial charge in [-0.3, -0.25) is 24.0 Å². The van der Waals surface area contributed by atoms with Crippen molar-refractivity contribution in [2.45, 2.75) is 96.7 Å². The maximum atomic E-state index is 13.9. The zero-order valence-electron chi connectivity index (χ0n) is 32.8. The third-order valence-electron chi connectivity index (χ3n) is 10.3. The Hall–Kier alpha value is -4.99. The van der Waals surface area contributed by atoms with Crippen molar-refractivity contribution in [3.8, 4) is 5.75 Å². The summed E-state index contributed by atoms with van der Waals surface area (Å²) < 4.78 is 21.9. The van der Waals surface area contributed by atoms with Crippen LogP contribution in [0.4, 0.5) is 4.79 Å². The maximum Gasteiger partial charge on any atom is 0.409 e. The summed E-state index contributed by atoms with van der Waals surface area (Å²) in [6.45, 7) is 7.86. The highest BCUT2D eigenvalue weighted by Gasteiger charge is 2.36. The fourth-order valence-electron chi connectivity index (χ4n) is 6.86. The van der Waals surface area contributed by atoms with E-state index < -0.39 is 36.0 Å². The van der Waals surface area contributed by atoms with E-state index in [1.165, 1.54) is 6.07 Å². The lowest BCUT2D eigenvalue weighted by Crippen LogP contribution is -2.56. The predicted octanol–water partition coefficient (Wildman–Crippen LogP) is 3.12. The third kappa shape index (κ3) is 11.5. The van der Waals surface area contributed by atoms with Crippen LogP contribution in [0.1, 0.15) is 87.7 Å². The Labute approximate surface area is 327 Å². The van der Waals surface area contributed by atoms with Crippen molar-refractivity contribution in [1.82, 2.24) is 30.3 Å². The van der Waals surface area contributed by atoms with Crippen molar-refractivity contribution in [2.75, 3.05) is 65.8 Å². The van der Waals surface area contributed by atoms with E-state index in [1.807, 2.05) is 26.8 Å². The topological polar surface area (TPSA) is 186 Å². The smallest absolute Gasteiger partial charge is 0.409 e. The van der Waals surface area contributed by atoms with Gasteiger partial charge in [0.05, 0.1) is 18.7 Å². The van der Waals surface area contributed by atoms with Crippen molar-refractivity contribution >= 4 is 46.6 Å². The van der Waals surface area contributed by atoms with E-state index in [0.717, 1.165) is 37.7 Å². The molecule has 2 aliphatic heterocycles. The van der Waals surface area contributed by atoms with E-state index in [-0.39, 0.29) is 88.1 Å². The van der Waals surface area contributed by atoms with Gasteiger partial charge in [-0.15, -0.1) is 0 Å². The van der Waals surface area contributed by atoms with E-state index in [0.29, 0.717) is 43.5 Å². The Balaban J connectivity index is 1.28. The molecule has 5 rings (SSSR count). The molecule has 0 radical (unpaired) electrons. The van der Waals surface area contributed by atoms with Crippen molar-refractivity contribution < 1.29 is 47.7 Å². The number of carbonyl (C=O) groups excluding carboxylic acids is 6. The first-order valence-electron chi connectivity index (χ1n) is 20.0. The van der Waals surface area contributed by atoms with Gasteiger partial charge in [0, 0.05) is 63.2 Å². The van der Waals surface area contributed by atoms with Gasteiger partial charge in [-0.2, -0.15) is 0 Å². The van der Waals surface area contributed by atoms with E-state index in [2.05, 4.69) is 15.6 Å². The quantitative estimate of drug-likeness (QED) is 0.167. The zero-order chi connectivity index (χ0) is 40.0. The molecule has 1 aromatic carbocycles. The second kappa shape index (κ2) is 20.8. The number of nitrogens with one attached hydrogen (secondary N) is 2. The number of ether oxygens (including phenoxy) is 4. The standard InChI is InChI=1S/C40H56N6O10/c1-4-6-21-55-40(52)45-19-17-44(18-20-45)39(51)30(14-15-36(48)54-23-22-53-5-2)43-37(49)32-25-34(29-13-12-27(3)24-31(29)42-32)56-26-35(47)46-16-8-11-33(46)38(50)41-28-9-7-10-28/h12-13,24-25,28,30,33H,4-11,14-23,26H2,1-3H3,(H,41,50)(H,43,49). The number of pyridine rings is 1. The minimum absolute atomic E-state index is 0.0484. The van der Waals surface area contributed by atoms with Crippen LogP contribution in [0.3, 0.4) is 0 Å². The number of likely N-dealkylation sites (tertiary alicyclic amines) is 1. The Morgan fingerprint density at radius 3 is 2.38 bits per heavy atom. The van der Waals surface area contributed by atoms with Crippen LogP contribution in [-0.4, -0.2) is 139 Å². The molecule has 16 heteroatoms. The minimum atomic E-state index is -1.12. The van der Waals surface area contributed by atoms with Crippen LogP contribution in [-0.2, 0) is 33.4 Å². The normalized spacial score (nSPS) is 17.6. The molecule has 1 aromatic heterocycles. The van der Waals surface area contributed by atoms with Crippen molar-refractivity contribution in [3.63, 3.8) is 0 Å². The van der Waals surface area contributed by atoms with E-state index in [9.17, 15) is 28.8 Å². The molecule has 2 unspecified atom stereocenters. The average Bonchev–Trinajstić information content (AvgIpc) is 3.68. The molecular formula is C40H56N6O10. The highest BCUT2D eigenvalue weighted by molar-refractivity contribution is 5.99. The van der Waals surface area contributed by atoms with Gasteiger partial charge in [0.1, 0.15) is 30.1 Å². The number of aromatic nitrogens is 1. The summed E-state index contributed by atoms with van der Waals surface area (Å²) in [6, 6.07) is 5.37. The minimum Gasteiger partial charge on any atom is -0.483 e. The van der Waals surface area contributed by atoms with E-state index in [4.69, 9.17) is 18.9 Å². The average molecular weight is 781 g/mol. The molecule has 0 spiro atoms. The summed E-state index contributed by atoms with van der Waals surface area (Å²) in [7, 11) is 0. The summed E-state index contributed by atoms with van der Waals surface area (Å²) >= 11 is 0. The second-order valence-corrected chi connectivity index (χ2v) is 14.5. The first-order valence-corrected chi connectivity index (χ1v) is 20.0. The molecule has 56 heavy (non-hydrogen) atoms. The van der Waals surface area contributed by atoms with Crippen molar-refractivity contribution in [1.29, 1.82) is 0 Å². The first-order chi connectivity index (χ1) is 27.1. The van der Waals surface area contributed by atoms with Gasteiger partial charge in [-0.1, -0.05) is 19.4 Å². The van der Waals surface area contributed by atoms with Crippen LogP contribution in [0, 0.1) is 6.92 Å². The van der Waals surface area contributed by atoms with Gasteiger partial charge in [0.25, 0.3) is 11.8 Å². The largest absolute Gasteiger partial charge is 0.483 e. The molecule has 16 nitrogen and oxygen atoms in total. The number of aryl methyl sites for hydroxylation is 1. The number of rotatable bonds is 18. The number of amides is 5.